The summed E-state index contributed by atoms with van der Waals surface area (Å²) < 4.78 is 44.1. The van der Waals surface area contributed by atoms with Gasteiger partial charge in [0.2, 0.25) is 5.88 Å². The first-order valence-corrected chi connectivity index (χ1v) is 8.11. The number of hydrazine groups is 1. The van der Waals surface area contributed by atoms with E-state index < -0.39 is 23.9 Å². The number of benzene rings is 1. The first kappa shape index (κ1) is 17.6. The van der Waals surface area contributed by atoms with Gasteiger partial charge in [0.1, 0.15) is 6.07 Å². The molecule has 4 unspecified atom stereocenters. The number of hydrogen-bond donors (Lipinski definition) is 3. The maximum absolute atomic E-state index is 12.8. The Hall–Kier alpha value is -2.24. The fourth-order valence-electron chi connectivity index (χ4n) is 3.62. The van der Waals surface area contributed by atoms with Crippen molar-refractivity contribution >= 4 is 0 Å². The van der Waals surface area contributed by atoms with Crippen LogP contribution in [0.4, 0.5) is 13.2 Å². The number of nitrogens with one attached hydrogen (secondary N) is 2. The second-order valence-electron chi connectivity index (χ2n) is 6.29. The van der Waals surface area contributed by atoms with Crippen LogP contribution in [-0.2, 0) is 10.9 Å². The summed E-state index contributed by atoms with van der Waals surface area (Å²) in [7, 11) is 0. The highest BCUT2D eigenvalue weighted by atomic mass is 19.4. The lowest BCUT2D eigenvalue weighted by Crippen LogP contribution is -2.41. The molecule has 25 heavy (non-hydrogen) atoms. The minimum Gasteiger partial charge on any atom is -0.458 e. The number of halogens is 3. The number of ether oxygens (including phenoxy) is 1. The Morgan fingerprint density at radius 1 is 1.24 bits per heavy atom. The maximum atomic E-state index is 12.8. The first-order valence-electron chi connectivity index (χ1n) is 8.11. The van der Waals surface area contributed by atoms with Crippen LogP contribution in [-0.4, -0.2) is 12.3 Å². The molecule has 0 radical (unpaired) electrons. The third-order valence-corrected chi connectivity index (χ3v) is 4.76. The van der Waals surface area contributed by atoms with Crippen molar-refractivity contribution in [2.24, 2.45) is 11.7 Å². The number of nitrogens with two attached hydrogens (primary N) is 1. The molecule has 0 bridgehead atoms. The summed E-state index contributed by atoms with van der Waals surface area (Å²) in [6.07, 6.45) is -3.07. The van der Waals surface area contributed by atoms with Crippen LogP contribution in [0, 0.1) is 17.2 Å². The van der Waals surface area contributed by atoms with Crippen LogP contribution in [0.15, 0.2) is 35.7 Å². The number of rotatable bonds is 3. The number of alkyl halides is 3. The Bertz CT molecular complexity index is 708. The number of hydrogen-bond acceptors (Lipinski definition) is 5. The van der Waals surface area contributed by atoms with E-state index in [4.69, 9.17) is 10.5 Å². The Balaban J connectivity index is 2.02. The van der Waals surface area contributed by atoms with Gasteiger partial charge in [-0.2, -0.15) is 18.4 Å². The van der Waals surface area contributed by atoms with Gasteiger partial charge in [-0.1, -0.05) is 25.5 Å². The Kier molecular flexibility index (Phi) is 4.62. The van der Waals surface area contributed by atoms with E-state index in [0.29, 0.717) is 5.56 Å². The van der Waals surface area contributed by atoms with E-state index >= 15 is 0 Å². The van der Waals surface area contributed by atoms with Crippen molar-refractivity contribution in [2.75, 3.05) is 0 Å². The quantitative estimate of drug-likeness (QED) is 0.779. The molecule has 0 spiro atoms. The van der Waals surface area contributed by atoms with Gasteiger partial charge in [0.15, 0.2) is 6.23 Å². The van der Waals surface area contributed by atoms with E-state index in [-0.39, 0.29) is 23.4 Å². The molecule has 5 nitrogen and oxygen atoms in total. The second kappa shape index (κ2) is 6.58. The van der Waals surface area contributed by atoms with Gasteiger partial charge in [-0.05, 0) is 24.1 Å². The molecule has 8 heteroatoms. The molecule has 4 atom stereocenters. The minimum absolute atomic E-state index is 0.0140. The van der Waals surface area contributed by atoms with E-state index in [1.165, 1.54) is 12.1 Å². The molecule has 1 aromatic rings. The van der Waals surface area contributed by atoms with Crippen molar-refractivity contribution in [1.82, 2.24) is 10.9 Å². The number of allylic oxidation sites excluding steroid dienone is 1. The zero-order chi connectivity index (χ0) is 18.2. The van der Waals surface area contributed by atoms with Crippen LogP contribution < -0.4 is 16.6 Å². The summed E-state index contributed by atoms with van der Waals surface area (Å²) in [5.74, 6) is -0.552. The Morgan fingerprint density at radius 3 is 2.48 bits per heavy atom. The predicted molar refractivity (Wildman–Crippen MR) is 84.3 cm³/mol. The van der Waals surface area contributed by atoms with Crippen molar-refractivity contribution in [2.45, 2.75) is 44.1 Å². The molecule has 134 valence electrons. The van der Waals surface area contributed by atoms with E-state index in [1.54, 1.807) is 0 Å². The molecule has 0 saturated carbocycles. The van der Waals surface area contributed by atoms with Crippen molar-refractivity contribution in [3.05, 3.63) is 46.8 Å². The number of nitrogens with zero attached hydrogens (tertiary/aromatic N) is 1. The standard InChI is InChI=1S/C17H19F3N4O/c1-2-3-12-14-13(9-4-6-10(7-5-9)17(18,19)20)11(8-21)15(22)25-16(14)24-23-12/h4-7,12-14,16,23-24H,2-3,22H2,1H3. The SMILES string of the molecule is CCCC1NNC2OC(N)=C(C#N)C(c3ccc(C(F)(F)F)cc3)C12. The third kappa shape index (κ3) is 3.17. The molecule has 3 rings (SSSR count). The first-order chi connectivity index (χ1) is 11.9. The van der Waals surface area contributed by atoms with Gasteiger partial charge in [0, 0.05) is 17.9 Å². The van der Waals surface area contributed by atoms with Crippen LogP contribution in [0.3, 0.4) is 0 Å². The average molecular weight is 352 g/mol. The molecule has 4 N–H and O–H groups in total. The highest BCUT2D eigenvalue weighted by molar-refractivity contribution is 5.42. The Morgan fingerprint density at radius 2 is 1.92 bits per heavy atom. The molecule has 1 aromatic carbocycles. The summed E-state index contributed by atoms with van der Waals surface area (Å²) in [6.45, 7) is 2.04. The van der Waals surface area contributed by atoms with E-state index in [2.05, 4.69) is 16.9 Å². The molecule has 2 heterocycles. The molecular weight excluding hydrogens is 333 g/mol. The van der Waals surface area contributed by atoms with Crippen LogP contribution in [0.25, 0.3) is 0 Å². The third-order valence-electron chi connectivity index (χ3n) is 4.76. The van der Waals surface area contributed by atoms with Gasteiger partial charge >= 0.3 is 6.18 Å². The zero-order valence-electron chi connectivity index (χ0n) is 13.6. The smallest absolute Gasteiger partial charge is 0.416 e. The Labute approximate surface area is 143 Å². The molecule has 1 fully saturated rings. The van der Waals surface area contributed by atoms with Gasteiger partial charge in [-0.25, -0.2) is 5.43 Å². The topological polar surface area (TPSA) is 83.1 Å². The van der Waals surface area contributed by atoms with E-state index in [9.17, 15) is 18.4 Å². The molecule has 1 saturated heterocycles. The molecule has 2 aliphatic heterocycles. The maximum Gasteiger partial charge on any atom is 0.416 e. The minimum atomic E-state index is -4.40. The monoisotopic (exact) mass is 352 g/mol. The van der Waals surface area contributed by atoms with Gasteiger partial charge in [-0.3, -0.25) is 5.43 Å². The van der Waals surface area contributed by atoms with Crippen molar-refractivity contribution in [1.29, 1.82) is 5.26 Å². The number of fused-ring (bicyclic) bond motifs is 1. The molecule has 0 amide bonds. The second-order valence-corrected chi connectivity index (χ2v) is 6.29. The van der Waals surface area contributed by atoms with E-state index in [1.807, 2.05) is 6.92 Å². The van der Waals surface area contributed by atoms with Crippen LogP contribution in [0.5, 0.6) is 0 Å². The lowest BCUT2D eigenvalue weighted by Gasteiger charge is -2.35. The van der Waals surface area contributed by atoms with Gasteiger partial charge < -0.3 is 10.5 Å². The highest BCUT2D eigenvalue weighted by Crippen LogP contribution is 2.44. The largest absolute Gasteiger partial charge is 0.458 e. The summed E-state index contributed by atoms with van der Waals surface area (Å²) in [4.78, 5) is 0. The predicted octanol–water partition coefficient (Wildman–Crippen LogP) is 2.73. The van der Waals surface area contributed by atoms with Crippen molar-refractivity contribution in [3.8, 4) is 6.07 Å². The van der Waals surface area contributed by atoms with Gasteiger partial charge in [0.25, 0.3) is 0 Å². The fraction of sp³-hybridized carbons (Fsp3) is 0.471. The highest BCUT2D eigenvalue weighted by Gasteiger charge is 2.48. The molecule has 0 aliphatic carbocycles. The lowest BCUT2D eigenvalue weighted by molar-refractivity contribution is -0.137. The van der Waals surface area contributed by atoms with Gasteiger partial charge in [0.05, 0.1) is 11.1 Å². The number of nitriles is 1. The summed E-state index contributed by atoms with van der Waals surface area (Å²) in [5, 5.41) is 9.52. The average Bonchev–Trinajstić information content (AvgIpc) is 2.95. The normalized spacial score (nSPS) is 29.1. The fourth-order valence-corrected chi connectivity index (χ4v) is 3.62. The van der Waals surface area contributed by atoms with Crippen LogP contribution >= 0.6 is 0 Å². The van der Waals surface area contributed by atoms with E-state index in [0.717, 1.165) is 25.0 Å². The summed E-state index contributed by atoms with van der Waals surface area (Å²) in [5.41, 5.74) is 12.2. The summed E-state index contributed by atoms with van der Waals surface area (Å²) in [6, 6.07) is 7.01. The van der Waals surface area contributed by atoms with Crippen LogP contribution in [0.1, 0.15) is 36.8 Å². The van der Waals surface area contributed by atoms with Crippen molar-refractivity contribution < 1.29 is 17.9 Å². The molecule has 2 aliphatic rings. The molecular formula is C17H19F3N4O. The van der Waals surface area contributed by atoms with Gasteiger partial charge in [-0.15, -0.1) is 0 Å². The molecule has 0 aromatic heterocycles. The zero-order valence-corrected chi connectivity index (χ0v) is 13.6. The lowest BCUT2D eigenvalue weighted by atomic mass is 9.74. The summed E-state index contributed by atoms with van der Waals surface area (Å²) >= 11 is 0. The van der Waals surface area contributed by atoms with Crippen LogP contribution in [0.2, 0.25) is 0 Å². The van der Waals surface area contributed by atoms with Crippen molar-refractivity contribution in [3.63, 3.8) is 0 Å².